The summed E-state index contributed by atoms with van der Waals surface area (Å²) >= 11 is 5.90. The van der Waals surface area contributed by atoms with E-state index >= 15 is 0 Å². The van der Waals surface area contributed by atoms with Gasteiger partial charge in [0, 0.05) is 35.7 Å². The molecule has 7 nitrogen and oxygen atoms in total. The van der Waals surface area contributed by atoms with Gasteiger partial charge in [0.1, 0.15) is 0 Å². The number of benzene rings is 2. The van der Waals surface area contributed by atoms with Crippen LogP contribution < -0.4 is 0 Å². The summed E-state index contributed by atoms with van der Waals surface area (Å²) in [5.41, 5.74) is 1.64. The lowest BCUT2D eigenvalue weighted by molar-refractivity contribution is -0.0755. The van der Waals surface area contributed by atoms with E-state index in [2.05, 4.69) is 9.47 Å². The van der Waals surface area contributed by atoms with Gasteiger partial charge in [0.15, 0.2) is 9.84 Å². The highest BCUT2D eigenvalue weighted by molar-refractivity contribution is 7.92. The fraction of sp³-hybridized carbons (Fsp3) is 0.400. The van der Waals surface area contributed by atoms with Crippen molar-refractivity contribution in [1.82, 2.24) is 14.5 Å². The molecule has 2 heterocycles. The average Bonchev–Trinajstić information content (AvgIpc) is 3.22. The number of carbonyl (C=O) groups is 1. The zero-order valence-electron chi connectivity index (χ0n) is 19.9. The van der Waals surface area contributed by atoms with E-state index in [9.17, 15) is 13.2 Å². The minimum Gasteiger partial charge on any atom is -0.347 e. The van der Waals surface area contributed by atoms with Crippen LogP contribution in [0.5, 0.6) is 0 Å². The van der Waals surface area contributed by atoms with Crippen LogP contribution in [-0.4, -0.2) is 67.9 Å². The van der Waals surface area contributed by atoms with Gasteiger partial charge in [-0.15, -0.1) is 12.4 Å². The number of hydrogen-bond acceptors (Lipinski definition) is 5. The van der Waals surface area contributed by atoms with Crippen molar-refractivity contribution < 1.29 is 18.0 Å². The van der Waals surface area contributed by atoms with E-state index in [0.717, 1.165) is 43.5 Å². The number of piperidine rings is 1. The molecule has 0 saturated carbocycles. The fourth-order valence-corrected chi connectivity index (χ4v) is 6.44. The number of halogens is 2. The van der Waals surface area contributed by atoms with Gasteiger partial charge in [0.2, 0.25) is 0 Å². The van der Waals surface area contributed by atoms with Crippen molar-refractivity contribution in [2.24, 2.45) is 0 Å². The molecule has 4 rings (SSSR count). The maximum absolute atomic E-state index is 13.0. The second-order valence-corrected chi connectivity index (χ2v) is 11.3. The Bertz CT molecular complexity index is 1250. The Hall–Kier alpha value is -2.10. The summed E-state index contributed by atoms with van der Waals surface area (Å²) < 4.78 is 28.0. The first-order valence-corrected chi connectivity index (χ1v) is 13.4. The van der Waals surface area contributed by atoms with E-state index in [-0.39, 0.29) is 23.6 Å². The molecule has 0 N–H and O–H groups in total. The Kier molecular flexibility index (Phi) is 9.23. The maximum Gasteiger partial charge on any atom is 0.279 e. The van der Waals surface area contributed by atoms with E-state index in [1.165, 1.54) is 12.2 Å². The molecular formula is C25H31Cl2N3O4S. The van der Waals surface area contributed by atoms with E-state index in [0.29, 0.717) is 28.3 Å². The van der Waals surface area contributed by atoms with Crippen molar-refractivity contribution in [1.29, 1.82) is 0 Å². The zero-order chi connectivity index (χ0) is 24.3. The molecule has 0 unspecified atom stereocenters. The summed E-state index contributed by atoms with van der Waals surface area (Å²) in [6.07, 6.45) is 4.05. The van der Waals surface area contributed by atoms with Crippen molar-refractivity contribution in [3.8, 4) is 0 Å². The Morgan fingerprint density at radius 1 is 1.09 bits per heavy atom. The van der Waals surface area contributed by atoms with Gasteiger partial charge in [-0.05, 0) is 69.2 Å². The molecule has 0 aliphatic carbocycles. The second-order valence-electron chi connectivity index (χ2n) is 8.63. The Balaban J connectivity index is 0.00000342. The van der Waals surface area contributed by atoms with Crippen molar-refractivity contribution in [2.45, 2.75) is 36.0 Å². The monoisotopic (exact) mass is 539 g/mol. The van der Waals surface area contributed by atoms with Gasteiger partial charge in [0.25, 0.3) is 5.91 Å². The molecule has 1 saturated heterocycles. The molecule has 1 amide bonds. The van der Waals surface area contributed by atoms with Crippen LogP contribution in [0.4, 0.5) is 0 Å². The van der Waals surface area contributed by atoms with Crippen LogP contribution in [0.25, 0.3) is 10.9 Å². The lowest BCUT2D eigenvalue weighted by atomic mass is 10.1. The first-order chi connectivity index (χ1) is 16.3. The average molecular weight is 541 g/mol. The standard InChI is InChI=1S/C25H30ClN3O4S.ClH/c1-27(33-2)25(30)23-18-29(24-7-4-3-6-22(23)24)15-5-14-28-16-12-21(13-17-28)34(31,32)20-10-8-19(26)9-11-20;/h3-4,6-11,18,21H,5,12-17H2,1-2H3;1H. The third-order valence-corrected chi connectivity index (χ3v) is 9.10. The summed E-state index contributed by atoms with van der Waals surface area (Å²) in [5.74, 6) is -0.179. The van der Waals surface area contributed by atoms with Gasteiger partial charge in [-0.3, -0.25) is 9.63 Å². The zero-order valence-corrected chi connectivity index (χ0v) is 22.3. The van der Waals surface area contributed by atoms with E-state index in [1.54, 1.807) is 31.3 Å². The second kappa shape index (κ2) is 11.8. The molecule has 1 fully saturated rings. The topological polar surface area (TPSA) is 71.8 Å². The first-order valence-electron chi connectivity index (χ1n) is 11.4. The molecule has 0 spiro atoms. The summed E-state index contributed by atoms with van der Waals surface area (Å²) in [5, 5.41) is 2.31. The molecule has 0 atom stereocenters. The molecule has 2 aromatic carbocycles. The summed E-state index contributed by atoms with van der Waals surface area (Å²) in [6.45, 7) is 3.16. The van der Waals surface area contributed by atoms with Crippen LogP contribution in [0.2, 0.25) is 5.02 Å². The maximum atomic E-state index is 13.0. The van der Waals surface area contributed by atoms with Crippen molar-refractivity contribution >= 4 is 50.7 Å². The normalized spacial score (nSPS) is 15.2. The largest absolute Gasteiger partial charge is 0.347 e. The molecule has 35 heavy (non-hydrogen) atoms. The van der Waals surface area contributed by atoms with Gasteiger partial charge in [0.05, 0.1) is 22.8 Å². The van der Waals surface area contributed by atoms with E-state index in [1.807, 2.05) is 30.5 Å². The summed E-state index contributed by atoms with van der Waals surface area (Å²) in [6, 6.07) is 14.3. The minimum atomic E-state index is -3.34. The highest BCUT2D eigenvalue weighted by atomic mass is 35.5. The number of rotatable bonds is 8. The SMILES string of the molecule is CON(C)C(=O)c1cn(CCCN2CCC(S(=O)(=O)c3ccc(Cl)cc3)CC2)c2ccccc12.Cl. The van der Waals surface area contributed by atoms with Crippen molar-refractivity contribution in [2.75, 3.05) is 33.8 Å². The smallest absolute Gasteiger partial charge is 0.279 e. The number of aromatic nitrogens is 1. The summed E-state index contributed by atoms with van der Waals surface area (Å²) in [7, 11) is -0.265. The molecule has 0 radical (unpaired) electrons. The molecule has 190 valence electrons. The number of carbonyl (C=O) groups excluding carboxylic acids is 1. The predicted octanol–water partition coefficient (Wildman–Crippen LogP) is 4.68. The molecular weight excluding hydrogens is 509 g/mol. The number of para-hydroxylation sites is 1. The third kappa shape index (κ3) is 6.01. The first kappa shape index (κ1) is 27.5. The highest BCUT2D eigenvalue weighted by Gasteiger charge is 2.31. The molecule has 1 aromatic heterocycles. The van der Waals surface area contributed by atoms with Crippen LogP contribution in [-0.2, 0) is 21.2 Å². The number of amides is 1. The number of nitrogens with zero attached hydrogens (tertiary/aromatic N) is 3. The number of aryl methyl sites for hydroxylation is 1. The number of sulfone groups is 1. The van der Waals surface area contributed by atoms with Crippen LogP contribution in [0.1, 0.15) is 29.6 Å². The fourth-order valence-electron chi connectivity index (χ4n) is 4.58. The minimum absolute atomic E-state index is 0. The van der Waals surface area contributed by atoms with Crippen LogP contribution in [0, 0.1) is 0 Å². The quantitative estimate of drug-likeness (QED) is 0.388. The lowest BCUT2D eigenvalue weighted by Crippen LogP contribution is -2.39. The Morgan fingerprint density at radius 2 is 1.74 bits per heavy atom. The van der Waals surface area contributed by atoms with Gasteiger partial charge in [-0.25, -0.2) is 13.5 Å². The van der Waals surface area contributed by atoms with Gasteiger partial charge in [-0.1, -0.05) is 29.8 Å². The Morgan fingerprint density at radius 3 is 2.40 bits per heavy atom. The molecule has 10 heteroatoms. The molecule has 1 aliphatic heterocycles. The van der Waals surface area contributed by atoms with Crippen LogP contribution >= 0.6 is 24.0 Å². The highest BCUT2D eigenvalue weighted by Crippen LogP contribution is 2.26. The van der Waals surface area contributed by atoms with Crippen LogP contribution in [0.15, 0.2) is 59.6 Å². The third-order valence-electron chi connectivity index (χ3n) is 6.57. The van der Waals surface area contributed by atoms with E-state index in [4.69, 9.17) is 16.4 Å². The number of hydrogen-bond donors (Lipinski definition) is 0. The van der Waals surface area contributed by atoms with Gasteiger partial charge in [-0.2, -0.15) is 0 Å². The van der Waals surface area contributed by atoms with E-state index < -0.39 is 9.84 Å². The van der Waals surface area contributed by atoms with Crippen LogP contribution in [0.3, 0.4) is 0 Å². The lowest BCUT2D eigenvalue weighted by Gasteiger charge is -2.31. The Labute approximate surface area is 217 Å². The van der Waals surface area contributed by atoms with Gasteiger partial charge < -0.3 is 9.47 Å². The van der Waals surface area contributed by atoms with Gasteiger partial charge >= 0.3 is 0 Å². The molecule has 1 aliphatic rings. The molecule has 3 aromatic rings. The van der Waals surface area contributed by atoms with Crippen molar-refractivity contribution in [3.63, 3.8) is 0 Å². The number of fused-ring (bicyclic) bond motifs is 1. The van der Waals surface area contributed by atoms with Crippen molar-refractivity contribution in [3.05, 3.63) is 65.3 Å². The number of hydroxylamine groups is 2. The predicted molar refractivity (Wildman–Crippen MR) is 141 cm³/mol. The summed E-state index contributed by atoms with van der Waals surface area (Å²) in [4.78, 5) is 20.4. The number of likely N-dealkylation sites (tertiary alicyclic amines) is 1. The molecule has 0 bridgehead atoms.